The van der Waals surface area contributed by atoms with Crippen molar-refractivity contribution in [3.05, 3.63) is 71.8 Å². The molecule has 6 heteroatoms. The van der Waals surface area contributed by atoms with E-state index in [-0.39, 0.29) is 5.56 Å². The molecule has 5 nitrogen and oxygen atoms in total. The van der Waals surface area contributed by atoms with Gasteiger partial charge in [-0.2, -0.15) is 0 Å². The van der Waals surface area contributed by atoms with Gasteiger partial charge in [-0.3, -0.25) is 25.4 Å². The van der Waals surface area contributed by atoms with Gasteiger partial charge in [0.15, 0.2) is 0 Å². The zero-order valence-electron chi connectivity index (χ0n) is 10.9. The number of rotatable bonds is 3. The summed E-state index contributed by atoms with van der Waals surface area (Å²) in [6.45, 7) is 0. The number of hydrogen-bond donors (Lipinski definition) is 2. The predicted molar refractivity (Wildman–Crippen MR) is 75.3 cm³/mol. The van der Waals surface area contributed by atoms with Gasteiger partial charge in [0.2, 0.25) is 0 Å². The molecule has 0 spiro atoms. The van der Waals surface area contributed by atoms with Gasteiger partial charge in [-0.05, 0) is 24.3 Å². The summed E-state index contributed by atoms with van der Waals surface area (Å²) < 4.78 is 13.3. The van der Waals surface area contributed by atoms with Gasteiger partial charge in [-0.25, -0.2) is 4.39 Å². The van der Waals surface area contributed by atoms with Gasteiger partial charge in [0.05, 0.1) is 0 Å². The van der Waals surface area contributed by atoms with Crippen molar-refractivity contribution in [2.45, 2.75) is 0 Å². The van der Waals surface area contributed by atoms with Gasteiger partial charge in [-0.15, -0.1) is 0 Å². The highest BCUT2D eigenvalue weighted by Gasteiger charge is 2.05. The van der Waals surface area contributed by atoms with Gasteiger partial charge in [-0.1, -0.05) is 18.2 Å². The van der Waals surface area contributed by atoms with E-state index in [1.165, 1.54) is 42.7 Å². The number of hydrazine groups is 1. The molecule has 2 N–H and O–H groups in total. The standard InChI is InChI=1S/C15H12FN3O2/c16-13-4-2-1-3-11(13)5-6-14(20)18-19-15(21)12-7-9-17-10-8-12/h1-10H,(H,18,20)(H,19,21)/b6-5+. The molecule has 0 fully saturated rings. The SMILES string of the molecule is O=C(/C=C/c1ccccc1F)NNC(=O)c1ccncc1. The second-order valence-corrected chi connectivity index (χ2v) is 4.03. The van der Waals surface area contributed by atoms with Crippen LogP contribution >= 0.6 is 0 Å². The van der Waals surface area contributed by atoms with E-state index in [0.29, 0.717) is 5.56 Å². The van der Waals surface area contributed by atoms with Gasteiger partial charge in [0.25, 0.3) is 11.8 Å². The Bertz CT molecular complexity index is 672. The van der Waals surface area contributed by atoms with Crippen LogP contribution in [0.2, 0.25) is 0 Å². The number of aromatic nitrogens is 1. The Hall–Kier alpha value is -3.02. The van der Waals surface area contributed by atoms with Crippen LogP contribution in [0.3, 0.4) is 0 Å². The second-order valence-electron chi connectivity index (χ2n) is 4.03. The lowest BCUT2D eigenvalue weighted by atomic mass is 10.2. The van der Waals surface area contributed by atoms with E-state index in [4.69, 9.17) is 0 Å². The first-order valence-corrected chi connectivity index (χ1v) is 6.10. The van der Waals surface area contributed by atoms with Crippen LogP contribution in [-0.4, -0.2) is 16.8 Å². The molecule has 2 amide bonds. The van der Waals surface area contributed by atoms with Crippen LogP contribution in [0.4, 0.5) is 4.39 Å². The fourth-order valence-electron chi connectivity index (χ4n) is 1.51. The Kier molecular flexibility index (Phi) is 4.76. The Morgan fingerprint density at radius 2 is 1.76 bits per heavy atom. The molecule has 0 atom stereocenters. The Balaban J connectivity index is 1.88. The van der Waals surface area contributed by atoms with E-state index < -0.39 is 17.6 Å². The monoisotopic (exact) mass is 285 g/mol. The van der Waals surface area contributed by atoms with Crippen LogP contribution in [0.1, 0.15) is 15.9 Å². The molecule has 0 bridgehead atoms. The highest BCUT2D eigenvalue weighted by molar-refractivity contribution is 5.97. The number of amides is 2. The molecular weight excluding hydrogens is 273 g/mol. The highest BCUT2D eigenvalue weighted by atomic mass is 19.1. The average Bonchev–Trinajstić information content (AvgIpc) is 2.52. The van der Waals surface area contributed by atoms with Gasteiger partial charge < -0.3 is 0 Å². The first kappa shape index (κ1) is 14.4. The van der Waals surface area contributed by atoms with Crippen molar-refractivity contribution in [1.82, 2.24) is 15.8 Å². The largest absolute Gasteiger partial charge is 0.269 e. The number of halogens is 1. The van der Waals surface area contributed by atoms with Crippen molar-refractivity contribution >= 4 is 17.9 Å². The molecule has 0 unspecified atom stereocenters. The van der Waals surface area contributed by atoms with Crippen LogP contribution in [0.15, 0.2) is 54.9 Å². The molecule has 106 valence electrons. The van der Waals surface area contributed by atoms with Crippen LogP contribution in [0.5, 0.6) is 0 Å². The average molecular weight is 285 g/mol. The summed E-state index contributed by atoms with van der Waals surface area (Å²) in [7, 11) is 0. The maximum atomic E-state index is 13.3. The molecule has 0 saturated heterocycles. The van der Waals surface area contributed by atoms with Crippen LogP contribution in [-0.2, 0) is 4.79 Å². The lowest BCUT2D eigenvalue weighted by molar-refractivity contribution is -0.117. The third-order valence-corrected chi connectivity index (χ3v) is 2.56. The quantitative estimate of drug-likeness (QED) is 0.666. The lowest BCUT2D eigenvalue weighted by Gasteiger charge is -2.04. The van der Waals surface area contributed by atoms with E-state index in [1.54, 1.807) is 12.1 Å². The van der Waals surface area contributed by atoms with Crippen molar-refractivity contribution < 1.29 is 14.0 Å². The smallest absolute Gasteiger partial charge is 0.268 e. The van der Waals surface area contributed by atoms with Crippen molar-refractivity contribution in [1.29, 1.82) is 0 Å². The van der Waals surface area contributed by atoms with Crippen molar-refractivity contribution in [3.8, 4) is 0 Å². The van der Waals surface area contributed by atoms with Crippen LogP contribution in [0.25, 0.3) is 6.08 Å². The summed E-state index contributed by atoms with van der Waals surface area (Å²) in [6.07, 6.45) is 5.39. The molecule has 21 heavy (non-hydrogen) atoms. The van der Waals surface area contributed by atoms with Gasteiger partial charge in [0, 0.05) is 29.6 Å². The van der Waals surface area contributed by atoms with Crippen LogP contribution in [0, 0.1) is 5.82 Å². The maximum absolute atomic E-state index is 13.3. The molecule has 1 aromatic heterocycles. The highest BCUT2D eigenvalue weighted by Crippen LogP contribution is 2.07. The zero-order valence-corrected chi connectivity index (χ0v) is 10.9. The number of hydrogen-bond acceptors (Lipinski definition) is 3. The number of carbonyl (C=O) groups is 2. The number of benzene rings is 1. The summed E-state index contributed by atoms with van der Waals surface area (Å²) >= 11 is 0. The molecule has 0 radical (unpaired) electrons. The van der Waals surface area contributed by atoms with E-state index in [2.05, 4.69) is 15.8 Å². The summed E-state index contributed by atoms with van der Waals surface area (Å²) in [4.78, 5) is 26.9. The number of pyridine rings is 1. The third kappa shape index (κ3) is 4.24. The number of nitrogens with one attached hydrogen (secondary N) is 2. The van der Waals surface area contributed by atoms with Gasteiger partial charge in [0.1, 0.15) is 5.82 Å². The Morgan fingerprint density at radius 1 is 1.05 bits per heavy atom. The van der Waals surface area contributed by atoms with Crippen molar-refractivity contribution in [2.24, 2.45) is 0 Å². The van der Waals surface area contributed by atoms with Crippen molar-refractivity contribution in [2.75, 3.05) is 0 Å². The second kappa shape index (κ2) is 6.95. The minimum atomic E-state index is -0.569. The Morgan fingerprint density at radius 3 is 2.48 bits per heavy atom. The molecule has 2 rings (SSSR count). The zero-order chi connectivity index (χ0) is 15.1. The molecule has 1 heterocycles. The lowest BCUT2D eigenvalue weighted by Crippen LogP contribution is -2.40. The van der Waals surface area contributed by atoms with E-state index in [0.717, 1.165) is 6.08 Å². The fraction of sp³-hybridized carbons (Fsp3) is 0. The molecule has 2 aromatic rings. The number of nitrogens with zero attached hydrogens (tertiary/aromatic N) is 1. The van der Waals surface area contributed by atoms with E-state index >= 15 is 0 Å². The molecule has 0 aliphatic heterocycles. The summed E-state index contributed by atoms with van der Waals surface area (Å²) in [5, 5.41) is 0. The minimum absolute atomic E-state index is 0.285. The first-order chi connectivity index (χ1) is 10.2. The predicted octanol–water partition coefficient (Wildman–Crippen LogP) is 1.70. The fourth-order valence-corrected chi connectivity index (χ4v) is 1.51. The molecule has 1 aromatic carbocycles. The summed E-state index contributed by atoms with van der Waals surface area (Å²) in [5.41, 5.74) is 5.09. The topological polar surface area (TPSA) is 71.1 Å². The molecule has 0 saturated carbocycles. The summed E-state index contributed by atoms with van der Waals surface area (Å²) in [5.74, 6) is -1.46. The number of carbonyl (C=O) groups excluding carboxylic acids is 2. The normalized spacial score (nSPS) is 10.3. The molecule has 0 aliphatic carbocycles. The van der Waals surface area contributed by atoms with Crippen molar-refractivity contribution in [3.63, 3.8) is 0 Å². The molecule has 0 aliphatic rings. The third-order valence-electron chi connectivity index (χ3n) is 2.56. The first-order valence-electron chi connectivity index (χ1n) is 6.10. The van der Waals surface area contributed by atoms with Gasteiger partial charge >= 0.3 is 0 Å². The minimum Gasteiger partial charge on any atom is -0.268 e. The maximum Gasteiger partial charge on any atom is 0.269 e. The van der Waals surface area contributed by atoms with Crippen LogP contribution < -0.4 is 10.9 Å². The summed E-state index contributed by atoms with van der Waals surface area (Å²) in [6, 6.07) is 9.07. The Labute approximate surface area is 120 Å². The molecular formula is C15H12FN3O2. The van der Waals surface area contributed by atoms with E-state index in [9.17, 15) is 14.0 Å². The van der Waals surface area contributed by atoms with E-state index in [1.807, 2.05) is 0 Å².